The molecular weight excluding hydrogens is 252 g/mol. The van der Waals surface area contributed by atoms with Gasteiger partial charge in [-0.05, 0) is 6.92 Å². The molecule has 6 nitrogen and oxygen atoms in total. The Morgan fingerprint density at radius 2 is 2.06 bits per heavy atom. The summed E-state index contributed by atoms with van der Waals surface area (Å²) in [4.78, 5) is 10.9. The van der Waals surface area contributed by atoms with Gasteiger partial charge in [-0.1, -0.05) is 19.1 Å². The van der Waals surface area contributed by atoms with Gasteiger partial charge in [-0.2, -0.15) is 4.31 Å². The molecule has 2 N–H and O–H groups in total. The van der Waals surface area contributed by atoms with Gasteiger partial charge in [-0.25, -0.2) is 8.42 Å². The second kappa shape index (κ2) is 6.12. The first kappa shape index (κ1) is 15.3. The molecule has 0 aliphatic rings. The predicted molar refractivity (Wildman–Crippen MR) is 64.4 cm³/mol. The molecular formula is C8H16N2O4S2. The summed E-state index contributed by atoms with van der Waals surface area (Å²) >= 11 is 4.63. The van der Waals surface area contributed by atoms with Crippen LogP contribution in [0.1, 0.15) is 13.8 Å². The van der Waals surface area contributed by atoms with Crippen molar-refractivity contribution in [3.8, 4) is 0 Å². The van der Waals surface area contributed by atoms with Gasteiger partial charge < -0.3 is 10.5 Å². The first-order chi connectivity index (χ1) is 7.27. The van der Waals surface area contributed by atoms with E-state index in [0.717, 1.165) is 4.31 Å². The van der Waals surface area contributed by atoms with E-state index in [1.165, 1.54) is 14.0 Å². The Bertz CT molecular complexity index is 366. The number of rotatable bonds is 6. The summed E-state index contributed by atoms with van der Waals surface area (Å²) in [7, 11) is -2.50. The van der Waals surface area contributed by atoms with E-state index in [9.17, 15) is 13.2 Å². The van der Waals surface area contributed by atoms with Crippen molar-refractivity contribution >= 4 is 33.2 Å². The van der Waals surface area contributed by atoms with Crippen molar-refractivity contribution in [3.63, 3.8) is 0 Å². The monoisotopic (exact) mass is 268 g/mol. The molecule has 8 heteroatoms. The first-order valence-corrected chi connectivity index (χ1v) is 6.53. The van der Waals surface area contributed by atoms with E-state index in [2.05, 4.69) is 17.0 Å². The number of carbonyl (C=O) groups excluding carboxylic acids is 1. The number of carbonyl (C=O) groups is 1. The molecule has 0 aliphatic heterocycles. The van der Waals surface area contributed by atoms with E-state index < -0.39 is 21.2 Å². The number of ether oxygens (including phenoxy) is 1. The minimum atomic E-state index is -3.69. The van der Waals surface area contributed by atoms with E-state index in [1.807, 2.05) is 0 Å². The molecule has 0 radical (unpaired) electrons. The third kappa shape index (κ3) is 3.69. The average Bonchev–Trinajstić information content (AvgIpc) is 2.23. The highest BCUT2D eigenvalue weighted by Crippen LogP contribution is 2.09. The van der Waals surface area contributed by atoms with Gasteiger partial charge in [-0.15, -0.1) is 0 Å². The van der Waals surface area contributed by atoms with Crippen molar-refractivity contribution < 1.29 is 17.9 Å². The Morgan fingerprint density at radius 1 is 1.56 bits per heavy atom. The number of esters is 1. The van der Waals surface area contributed by atoms with Crippen LogP contribution in [0.5, 0.6) is 0 Å². The summed E-state index contributed by atoms with van der Waals surface area (Å²) in [6.07, 6.45) is 0. The fraction of sp³-hybridized carbons (Fsp3) is 0.750. The molecule has 0 fully saturated rings. The van der Waals surface area contributed by atoms with Gasteiger partial charge in [0.15, 0.2) is 0 Å². The molecule has 0 bridgehead atoms. The number of nitrogens with zero attached hydrogens (tertiary/aromatic N) is 1. The summed E-state index contributed by atoms with van der Waals surface area (Å²) < 4.78 is 29.2. The molecule has 16 heavy (non-hydrogen) atoms. The quantitative estimate of drug-likeness (QED) is 0.515. The number of thiocarbonyl (C=S) groups is 1. The Morgan fingerprint density at radius 3 is 2.38 bits per heavy atom. The predicted octanol–water partition coefficient (Wildman–Crippen LogP) is -0.514. The maximum absolute atomic E-state index is 11.9. The number of methoxy groups -OCH3 is 1. The molecule has 0 aromatic heterocycles. The standard InChI is InChI=1S/C8H16N2O4S2/c1-4-10(5-7(11)14-3)16(12,13)6(2)8(9)15/h6H,4-5H2,1-3H3,(H2,9,15). The van der Waals surface area contributed by atoms with Crippen molar-refractivity contribution in [3.05, 3.63) is 0 Å². The number of likely N-dealkylation sites (N-methyl/N-ethyl adjacent to an activating group) is 1. The molecule has 0 rings (SSSR count). The van der Waals surface area contributed by atoms with Gasteiger partial charge in [0.25, 0.3) is 0 Å². The highest BCUT2D eigenvalue weighted by molar-refractivity contribution is 7.92. The minimum absolute atomic E-state index is 0.122. The van der Waals surface area contributed by atoms with Gasteiger partial charge in [0, 0.05) is 6.54 Å². The molecule has 94 valence electrons. The molecule has 0 aliphatic carbocycles. The number of nitrogens with two attached hydrogens (primary N) is 1. The first-order valence-electron chi connectivity index (χ1n) is 4.62. The van der Waals surface area contributed by atoms with Gasteiger partial charge in [0.05, 0.1) is 12.1 Å². The van der Waals surface area contributed by atoms with E-state index in [4.69, 9.17) is 5.73 Å². The zero-order valence-electron chi connectivity index (χ0n) is 9.47. The van der Waals surface area contributed by atoms with Crippen molar-refractivity contribution in [2.75, 3.05) is 20.2 Å². The fourth-order valence-electron chi connectivity index (χ4n) is 0.961. The number of hydrogen-bond donors (Lipinski definition) is 1. The second-order valence-electron chi connectivity index (χ2n) is 3.09. The van der Waals surface area contributed by atoms with Gasteiger partial charge in [0.2, 0.25) is 10.0 Å². The number of hydrogen-bond acceptors (Lipinski definition) is 5. The lowest BCUT2D eigenvalue weighted by Gasteiger charge is -2.22. The SMILES string of the molecule is CCN(CC(=O)OC)S(=O)(=O)C(C)C(N)=S. The molecule has 0 heterocycles. The minimum Gasteiger partial charge on any atom is -0.468 e. The van der Waals surface area contributed by atoms with Crippen molar-refractivity contribution in [1.82, 2.24) is 4.31 Å². The van der Waals surface area contributed by atoms with Crippen LogP contribution in [0.15, 0.2) is 0 Å². The summed E-state index contributed by atoms with van der Waals surface area (Å²) in [6, 6.07) is 0. The van der Waals surface area contributed by atoms with E-state index in [0.29, 0.717) is 0 Å². The topological polar surface area (TPSA) is 89.7 Å². The van der Waals surface area contributed by atoms with Crippen molar-refractivity contribution in [1.29, 1.82) is 0 Å². The lowest BCUT2D eigenvalue weighted by atomic mass is 10.5. The maximum Gasteiger partial charge on any atom is 0.321 e. The Hall–Kier alpha value is -0.730. The molecule has 0 amide bonds. The van der Waals surface area contributed by atoms with Crippen LogP contribution in [0, 0.1) is 0 Å². The van der Waals surface area contributed by atoms with Gasteiger partial charge in [-0.3, -0.25) is 4.79 Å². The average molecular weight is 268 g/mol. The van der Waals surface area contributed by atoms with Crippen LogP contribution in [-0.2, 0) is 19.6 Å². The molecule has 1 atom stereocenters. The van der Waals surface area contributed by atoms with E-state index >= 15 is 0 Å². The van der Waals surface area contributed by atoms with Crippen LogP contribution < -0.4 is 5.73 Å². The van der Waals surface area contributed by atoms with Crippen LogP contribution in [-0.4, -0.2) is 49.1 Å². The Kier molecular flexibility index (Phi) is 5.84. The smallest absolute Gasteiger partial charge is 0.321 e. The lowest BCUT2D eigenvalue weighted by Crippen LogP contribution is -2.45. The Labute approximate surface area is 101 Å². The maximum atomic E-state index is 11.9. The molecule has 1 unspecified atom stereocenters. The second-order valence-corrected chi connectivity index (χ2v) is 5.82. The highest BCUT2D eigenvalue weighted by atomic mass is 32.2. The molecule has 0 spiro atoms. The largest absolute Gasteiger partial charge is 0.468 e. The number of sulfonamides is 1. The summed E-state index contributed by atoms with van der Waals surface area (Å²) in [5.41, 5.74) is 5.29. The third-order valence-electron chi connectivity index (χ3n) is 2.09. The van der Waals surface area contributed by atoms with E-state index in [1.54, 1.807) is 6.92 Å². The van der Waals surface area contributed by atoms with Crippen molar-refractivity contribution in [2.45, 2.75) is 19.1 Å². The Balaban J connectivity index is 4.95. The van der Waals surface area contributed by atoms with Crippen LogP contribution in [0.25, 0.3) is 0 Å². The van der Waals surface area contributed by atoms with Gasteiger partial charge in [0.1, 0.15) is 11.8 Å². The summed E-state index contributed by atoms with van der Waals surface area (Å²) in [5.74, 6) is -0.624. The highest BCUT2D eigenvalue weighted by Gasteiger charge is 2.31. The molecule has 0 saturated heterocycles. The molecule has 0 aromatic carbocycles. The fourth-order valence-corrected chi connectivity index (χ4v) is 2.71. The summed E-state index contributed by atoms with van der Waals surface area (Å²) in [5, 5.41) is -0.993. The summed E-state index contributed by atoms with van der Waals surface area (Å²) in [6.45, 7) is 2.83. The van der Waals surface area contributed by atoms with Crippen LogP contribution in [0.2, 0.25) is 0 Å². The van der Waals surface area contributed by atoms with Gasteiger partial charge >= 0.3 is 5.97 Å². The zero-order valence-corrected chi connectivity index (χ0v) is 11.1. The lowest BCUT2D eigenvalue weighted by molar-refractivity contribution is -0.140. The zero-order chi connectivity index (χ0) is 12.9. The normalized spacial score (nSPS) is 13.5. The molecule has 0 saturated carbocycles. The van der Waals surface area contributed by atoms with E-state index in [-0.39, 0.29) is 18.1 Å². The van der Waals surface area contributed by atoms with Crippen molar-refractivity contribution in [2.24, 2.45) is 5.73 Å². The van der Waals surface area contributed by atoms with Crippen LogP contribution in [0.3, 0.4) is 0 Å². The van der Waals surface area contributed by atoms with Crippen LogP contribution >= 0.6 is 12.2 Å². The van der Waals surface area contributed by atoms with Crippen LogP contribution in [0.4, 0.5) is 0 Å². The third-order valence-corrected chi connectivity index (χ3v) is 4.85. The molecule has 0 aromatic rings.